The van der Waals surface area contributed by atoms with Crippen LogP contribution in [0.3, 0.4) is 0 Å². The predicted octanol–water partition coefficient (Wildman–Crippen LogP) is 4.44. The van der Waals surface area contributed by atoms with Crippen LogP contribution in [0.25, 0.3) is 28.4 Å². The molecule has 0 radical (unpaired) electrons. The van der Waals surface area contributed by atoms with Crippen molar-refractivity contribution < 1.29 is 4.79 Å². The first-order valence-electron chi connectivity index (χ1n) is 9.55. The Bertz CT molecular complexity index is 1350. The Balaban J connectivity index is 1.76. The number of allylic oxidation sites excluding steroid dienone is 1. The molecule has 30 heavy (non-hydrogen) atoms. The number of primary amides is 1. The predicted molar refractivity (Wildman–Crippen MR) is 118 cm³/mol. The molecule has 0 spiro atoms. The molecule has 0 aliphatic rings. The fourth-order valence-corrected chi connectivity index (χ4v) is 3.67. The summed E-state index contributed by atoms with van der Waals surface area (Å²) in [6, 6.07) is 17.4. The number of nitrogens with zero attached hydrogens (tertiary/aromatic N) is 3. The van der Waals surface area contributed by atoms with Gasteiger partial charge in [0, 0.05) is 22.6 Å². The average Bonchev–Trinajstić information content (AvgIpc) is 3.26. The van der Waals surface area contributed by atoms with Crippen molar-refractivity contribution in [1.29, 1.82) is 5.26 Å². The third-order valence-corrected chi connectivity index (χ3v) is 5.19. The van der Waals surface area contributed by atoms with Gasteiger partial charge >= 0.3 is 0 Å². The molecule has 2 aromatic heterocycles. The number of H-pyrrole nitrogens is 1. The number of hydrogen-bond acceptors (Lipinski definition) is 3. The number of aromatic amines is 1. The number of aromatic nitrogens is 3. The van der Waals surface area contributed by atoms with Crippen LogP contribution < -0.4 is 5.73 Å². The lowest BCUT2D eigenvalue weighted by Crippen LogP contribution is -2.10. The minimum Gasteiger partial charge on any atom is -0.366 e. The summed E-state index contributed by atoms with van der Waals surface area (Å²) >= 11 is 0. The molecule has 0 atom stereocenters. The molecule has 2 heterocycles. The molecular formula is C24H21N5O. The van der Waals surface area contributed by atoms with Gasteiger partial charge in [-0.2, -0.15) is 5.26 Å². The van der Waals surface area contributed by atoms with Crippen LogP contribution in [-0.4, -0.2) is 20.4 Å². The Labute approximate surface area is 174 Å². The maximum atomic E-state index is 11.3. The summed E-state index contributed by atoms with van der Waals surface area (Å²) in [5, 5.41) is 9.76. The van der Waals surface area contributed by atoms with Crippen LogP contribution in [-0.2, 0) is 0 Å². The van der Waals surface area contributed by atoms with Crippen molar-refractivity contribution in [3.63, 3.8) is 0 Å². The van der Waals surface area contributed by atoms with Crippen molar-refractivity contribution in [3.8, 4) is 11.8 Å². The van der Waals surface area contributed by atoms with E-state index in [-0.39, 0.29) is 0 Å². The van der Waals surface area contributed by atoms with E-state index in [9.17, 15) is 10.1 Å². The van der Waals surface area contributed by atoms with Gasteiger partial charge in [-0.25, -0.2) is 4.98 Å². The van der Waals surface area contributed by atoms with Crippen molar-refractivity contribution in [2.45, 2.75) is 20.8 Å². The quantitative estimate of drug-likeness (QED) is 0.499. The van der Waals surface area contributed by atoms with Crippen molar-refractivity contribution >= 4 is 28.6 Å². The number of imidazole rings is 1. The van der Waals surface area contributed by atoms with Gasteiger partial charge in [0.2, 0.25) is 5.91 Å². The first-order chi connectivity index (χ1) is 14.4. The standard InChI is InChI=1S/C24H21N5O/c1-14-4-9-21-22(10-14)28-24(27-21)19(13-25)12-18-11-15(2)29(16(18)3)20-7-5-17(6-8-20)23(26)30/h4-12H,1-3H3,(H2,26,30)(H,27,28)/b19-12-. The van der Waals surface area contributed by atoms with E-state index in [0.717, 1.165) is 39.2 Å². The Morgan fingerprint density at radius 2 is 1.87 bits per heavy atom. The summed E-state index contributed by atoms with van der Waals surface area (Å²) in [6.45, 7) is 6.02. The zero-order valence-electron chi connectivity index (χ0n) is 17.0. The van der Waals surface area contributed by atoms with E-state index in [1.807, 2.05) is 63.2 Å². The molecule has 0 saturated carbocycles. The molecule has 2 aromatic carbocycles. The van der Waals surface area contributed by atoms with Gasteiger partial charge in [0.25, 0.3) is 0 Å². The number of nitrogens with two attached hydrogens (primary N) is 1. The number of nitriles is 1. The summed E-state index contributed by atoms with van der Waals surface area (Å²) < 4.78 is 2.08. The SMILES string of the molecule is Cc1ccc2nc(/C(C#N)=C\c3cc(C)n(-c4ccc(C(N)=O)cc4)c3C)[nH]c2c1. The number of rotatable bonds is 4. The summed E-state index contributed by atoms with van der Waals surface area (Å²) in [5.74, 6) is 0.0968. The second-order valence-corrected chi connectivity index (χ2v) is 7.35. The first kappa shape index (κ1) is 19.2. The van der Waals surface area contributed by atoms with Crippen LogP contribution in [0.5, 0.6) is 0 Å². The highest BCUT2D eigenvalue weighted by atomic mass is 16.1. The topological polar surface area (TPSA) is 100 Å². The molecule has 4 rings (SSSR count). The van der Waals surface area contributed by atoms with Crippen molar-refractivity contribution in [3.05, 3.63) is 82.4 Å². The van der Waals surface area contributed by atoms with Crippen LogP contribution in [0.1, 0.15) is 38.7 Å². The molecule has 0 unspecified atom stereocenters. The number of amides is 1. The van der Waals surface area contributed by atoms with Gasteiger partial charge in [-0.05, 0) is 80.4 Å². The maximum absolute atomic E-state index is 11.3. The van der Waals surface area contributed by atoms with E-state index in [4.69, 9.17) is 5.73 Å². The fraction of sp³-hybridized carbons (Fsp3) is 0.125. The third kappa shape index (κ3) is 3.38. The second kappa shape index (κ2) is 7.37. The number of carbonyl (C=O) groups excluding carboxylic acids is 1. The highest BCUT2D eigenvalue weighted by Gasteiger charge is 2.13. The number of fused-ring (bicyclic) bond motifs is 1. The Kier molecular flexibility index (Phi) is 4.72. The van der Waals surface area contributed by atoms with Crippen molar-refractivity contribution in [2.75, 3.05) is 0 Å². The van der Waals surface area contributed by atoms with E-state index in [0.29, 0.717) is 17.0 Å². The fourth-order valence-electron chi connectivity index (χ4n) is 3.67. The van der Waals surface area contributed by atoms with E-state index < -0.39 is 5.91 Å². The molecule has 0 aliphatic carbocycles. The summed E-state index contributed by atoms with van der Waals surface area (Å²) in [4.78, 5) is 19.1. The summed E-state index contributed by atoms with van der Waals surface area (Å²) in [7, 11) is 0. The lowest BCUT2D eigenvalue weighted by Gasteiger charge is -2.10. The van der Waals surface area contributed by atoms with Gasteiger partial charge in [-0.1, -0.05) is 6.07 Å². The van der Waals surface area contributed by atoms with Crippen LogP contribution in [0, 0.1) is 32.1 Å². The summed E-state index contributed by atoms with van der Waals surface area (Å²) in [5.41, 5.74) is 13.0. The number of benzene rings is 2. The normalized spacial score (nSPS) is 11.6. The molecule has 0 bridgehead atoms. The summed E-state index contributed by atoms with van der Waals surface area (Å²) in [6.07, 6.45) is 1.85. The van der Waals surface area contributed by atoms with Crippen LogP contribution in [0.4, 0.5) is 0 Å². The largest absolute Gasteiger partial charge is 0.366 e. The van der Waals surface area contributed by atoms with Gasteiger partial charge in [-0.3, -0.25) is 4.79 Å². The molecular weight excluding hydrogens is 374 g/mol. The molecule has 6 nitrogen and oxygen atoms in total. The first-order valence-corrected chi connectivity index (χ1v) is 9.55. The van der Waals surface area contributed by atoms with Crippen molar-refractivity contribution in [1.82, 2.24) is 14.5 Å². The monoisotopic (exact) mass is 395 g/mol. The third-order valence-electron chi connectivity index (χ3n) is 5.19. The minimum absolute atomic E-state index is 0.453. The number of nitrogens with one attached hydrogen (secondary N) is 1. The minimum atomic E-state index is -0.453. The Morgan fingerprint density at radius 1 is 1.13 bits per heavy atom. The molecule has 4 aromatic rings. The second-order valence-electron chi connectivity index (χ2n) is 7.35. The lowest BCUT2D eigenvalue weighted by atomic mass is 10.1. The van der Waals surface area contributed by atoms with Gasteiger partial charge in [0.1, 0.15) is 11.9 Å². The lowest BCUT2D eigenvalue weighted by molar-refractivity contribution is 0.100. The van der Waals surface area contributed by atoms with Crippen LogP contribution in [0.2, 0.25) is 0 Å². The maximum Gasteiger partial charge on any atom is 0.248 e. The van der Waals surface area contributed by atoms with Crippen LogP contribution >= 0.6 is 0 Å². The van der Waals surface area contributed by atoms with Gasteiger partial charge < -0.3 is 15.3 Å². The number of carbonyl (C=O) groups is 1. The molecule has 0 saturated heterocycles. The van der Waals surface area contributed by atoms with Gasteiger partial charge in [0.15, 0.2) is 0 Å². The highest BCUT2D eigenvalue weighted by molar-refractivity contribution is 5.93. The molecule has 0 aliphatic heterocycles. The number of aryl methyl sites for hydroxylation is 2. The van der Waals surface area contributed by atoms with E-state index in [2.05, 4.69) is 20.6 Å². The molecule has 6 heteroatoms. The van der Waals surface area contributed by atoms with E-state index in [1.165, 1.54) is 0 Å². The van der Waals surface area contributed by atoms with Crippen LogP contribution in [0.15, 0.2) is 48.5 Å². The molecule has 148 valence electrons. The zero-order valence-corrected chi connectivity index (χ0v) is 17.0. The van der Waals surface area contributed by atoms with Gasteiger partial charge in [0.05, 0.1) is 16.6 Å². The Morgan fingerprint density at radius 3 is 2.53 bits per heavy atom. The van der Waals surface area contributed by atoms with E-state index >= 15 is 0 Å². The Hall–Kier alpha value is -4.11. The smallest absolute Gasteiger partial charge is 0.248 e. The average molecular weight is 395 g/mol. The molecule has 0 fully saturated rings. The molecule has 3 N–H and O–H groups in total. The molecule has 1 amide bonds. The number of hydrogen-bond donors (Lipinski definition) is 2. The van der Waals surface area contributed by atoms with Gasteiger partial charge in [-0.15, -0.1) is 0 Å². The van der Waals surface area contributed by atoms with Crippen molar-refractivity contribution in [2.24, 2.45) is 5.73 Å². The highest BCUT2D eigenvalue weighted by Crippen LogP contribution is 2.26. The van der Waals surface area contributed by atoms with E-state index in [1.54, 1.807) is 12.1 Å². The zero-order chi connectivity index (χ0) is 21.4.